The number of hydrogen-bond donors (Lipinski definition) is 1. The molecule has 2 aromatic heterocycles. The van der Waals surface area contributed by atoms with E-state index in [9.17, 15) is 5.11 Å². The van der Waals surface area contributed by atoms with Gasteiger partial charge >= 0.3 is 0 Å². The number of aryl methyl sites for hydroxylation is 3. The maximum absolute atomic E-state index is 9.61. The maximum atomic E-state index is 9.61. The molecule has 0 amide bonds. The van der Waals surface area contributed by atoms with Crippen molar-refractivity contribution in [1.29, 1.82) is 0 Å². The Kier molecular flexibility index (Phi) is 3.15. The summed E-state index contributed by atoms with van der Waals surface area (Å²) in [4.78, 5) is 14.4. The molecule has 0 radical (unpaired) electrons. The highest BCUT2D eigenvalue weighted by molar-refractivity contribution is 7.19. The summed E-state index contributed by atoms with van der Waals surface area (Å²) < 4.78 is 0. The van der Waals surface area contributed by atoms with Crippen LogP contribution in [0.4, 0.5) is 5.95 Å². The highest BCUT2D eigenvalue weighted by Crippen LogP contribution is 2.41. The summed E-state index contributed by atoms with van der Waals surface area (Å²) >= 11 is 1.83. The van der Waals surface area contributed by atoms with E-state index in [1.165, 1.54) is 34.2 Å². The quantitative estimate of drug-likeness (QED) is 0.779. The number of aliphatic hydroxyl groups excluding tert-OH is 1. The Morgan fingerprint density at radius 3 is 2.67 bits per heavy atom. The fourth-order valence-electron chi connectivity index (χ4n) is 3.66. The highest BCUT2D eigenvalue weighted by atomic mass is 32.1. The van der Waals surface area contributed by atoms with Gasteiger partial charge in [0.2, 0.25) is 5.95 Å². The van der Waals surface area contributed by atoms with Crippen LogP contribution in [0.1, 0.15) is 22.4 Å². The minimum absolute atomic E-state index is 0.250. The van der Waals surface area contributed by atoms with Crippen LogP contribution in [0.2, 0.25) is 0 Å². The van der Waals surface area contributed by atoms with Crippen LogP contribution in [0.15, 0.2) is 24.3 Å². The first-order valence-electron chi connectivity index (χ1n) is 8.51. The zero-order chi connectivity index (χ0) is 16.3. The van der Waals surface area contributed by atoms with Crippen LogP contribution < -0.4 is 4.90 Å². The number of rotatable bonds is 2. The third-order valence-electron chi connectivity index (χ3n) is 5.02. The summed E-state index contributed by atoms with van der Waals surface area (Å²) in [5.41, 5.74) is 4.92. The molecule has 5 rings (SSSR count). The Morgan fingerprint density at radius 1 is 1.12 bits per heavy atom. The first-order valence-corrected chi connectivity index (χ1v) is 9.33. The standard InChI is InChI=1S/C19H19N3OS/c1-11-5-7-12(8-6-11)17-16-14-3-2-4-15(14)24-18(16)21-19(20-17)22-9-13(23)10-22/h5-8,13,23H,2-4,9-10H2,1H3. The van der Waals surface area contributed by atoms with Gasteiger partial charge in [-0.25, -0.2) is 9.97 Å². The average Bonchev–Trinajstić information content (AvgIpc) is 3.12. The Morgan fingerprint density at radius 2 is 1.92 bits per heavy atom. The molecule has 3 heterocycles. The Labute approximate surface area is 144 Å². The number of β-amino-alcohol motifs (C(OH)–C–C–N with tert-alkyl or cyclic N) is 1. The molecule has 3 aromatic rings. The second-order valence-corrected chi connectivity index (χ2v) is 7.92. The molecule has 0 atom stereocenters. The van der Waals surface area contributed by atoms with Gasteiger partial charge in [0.15, 0.2) is 0 Å². The second kappa shape index (κ2) is 5.26. The van der Waals surface area contributed by atoms with E-state index < -0.39 is 0 Å². The molecule has 1 N–H and O–H groups in total. The summed E-state index contributed by atoms with van der Waals surface area (Å²) in [6, 6.07) is 8.60. The van der Waals surface area contributed by atoms with E-state index in [4.69, 9.17) is 9.97 Å². The van der Waals surface area contributed by atoms with Crippen molar-refractivity contribution in [2.75, 3.05) is 18.0 Å². The zero-order valence-corrected chi connectivity index (χ0v) is 14.4. The molecular formula is C19H19N3OS. The van der Waals surface area contributed by atoms with Crippen LogP contribution in [-0.2, 0) is 12.8 Å². The number of benzene rings is 1. The van der Waals surface area contributed by atoms with Gasteiger partial charge < -0.3 is 10.0 Å². The SMILES string of the molecule is Cc1ccc(-c2nc(N3CC(O)C3)nc3sc4c(c23)CCC4)cc1. The molecule has 5 heteroatoms. The summed E-state index contributed by atoms with van der Waals surface area (Å²) in [5, 5.41) is 10.9. The van der Waals surface area contributed by atoms with Crippen molar-refractivity contribution in [1.82, 2.24) is 9.97 Å². The fourth-order valence-corrected chi connectivity index (χ4v) is 4.92. The van der Waals surface area contributed by atoms with Gasteiger partial charge in [-0.1, -0.05) is 29.8 Å². The van der Waals surface area contributed by atoms with Crippen LogP contribution in [0, 0.1) is 6.92 Å². The molecule has 0 saturated carbocycles. The van der Waals surface area contributed by atoms with E-state index >= 15 is 0 Å². The van der Waals surface area contributed by atoms with Gasteiger partial charge in [0.05, 0.1) is 11.8 Å². The molecule has 4 nitrogen and oxygen atoms in total. The molecule has 122 valence electrons. The van der Waals surface area contributed by atoms with Gasteiger partial charge in [0, 0.05) is 28.9 Å². The number of hydrogen-bond acceptors (Lipinski definition) is 5. The normalized spacial score (nSPS) is 17.3. The van der Waals surface area contributed by atoms with Gasteiger partial charge in [0.25, 0.3) is 0 Å². The number of nitrogens with zero attached hydrogens (tertiary/aromatic N) is 3. The molecule has 1 fully saturated rings. The van der Waals surface area contributed by atoms with Crippen molar-refractivity contribution in [3.8, 4) is 11.3 Å². The molecule has 0 unspecified atom stereocenters. The Balaban J connectivity index is 1.73. The van der Waals surface area contributed by atoms with E-state index in [1.807, 2.05) is 11.3 Å². The molecule has 1 saturated heterocycles. The van der Waals surface area contributed by atoms with Crippen molar-refractivity contribution >= 4 is 27.5 Å². The van der Waals surface area contributed by atoms with Gasteiger partial charge in [-0.2, -0.15) is 0 Å². The molecular weight excluding hydrogens is 318 g/mol. The smallest absolute Gasteiger partial charge is 0.227 e. The first-order chi connectivity index (χ1) is 11.7. The predicted molar refractivity (Wildman–Crippen MR) is 97.8 cm³/mol. The van der Waals surface area contributed by atoms with E-state index in [0.29, 0.717) is 13.1 Å². The largest absolute Gasteiger partial charge is 0.389 e. The maximum Gasteiger partial charge on any atom is 0.227 e. The number of fused-ring (bicyclic) bond motifs is 3. The van der Waals surface area contributed by atoms with Gasteiger partial charge in [-0.3, -0.25) is 0 Å². The lowest BCUT2D eigenvalue weighted by Crippen LogP contribution is -2.51. The topological polar surface area (TPSA) is 49.2 Å². The lowest BCUT2D eigenvalue weighted by atomic mass is 10.0. The predicted octanol–water partition coefficient (Wildman–Crippen LogP) is 3.34. The number of anilines is 1. The summed E-state index contributed by atoms with van der Waals surface area (Å²) in [5.74, 6) is 0.753. The molecule has 0 bridgehead atoms. The molecule has 2 aliphatic rings. The van der Waals surface area contributed by atoms with Gasteiger partial charge in [-0.15, -0.1) is 11.3 Å². The van der Waals surface area contributed by atoms with Crippen molar-refractivity contribution in [2.24, 2.45) is 0 Å². The van der Waals surface area contributed by atoms with Crippen molar-refractivity contribution in [3.63, 3.8) is 0 Å². The first kappa shape index (κ1) is 14.4. The van der Waals surface area contributed by atoms with Crippen LogP contribution >= 0.6 is 11.3 Å². The Bertz CT molecular complexity index is 926. The number of aliphatic hydroxyl groups is 1. The van der Waals surface area contributed by atoms with Crippen molar-refractivity contribution in [3.05, 3.63) is 40.3 Å². The van der Waals surface area contributed by atoms with E-state index in [2.05, 4.69) is 36.1 Å². The lowest BCUT2D eigenvalue weighted by molar-refractivity contribution is 0.140. The molecule has 0 spiro atoms. The molecule has 1 aliphatic heterocycles. The van der Waals surface area contributed by atoms with Crippen LogP contribution in [0.3, 0.4) is 0 Å². The highest BCUT2D eigenvalue weighted by Gasteiger charge is 2.29. The van der Waals surface area contributed by atoms with E-state index in [0.717, 1.165) is 28.5 Å². The summed E-state index contributed by atoms with van der Waals surface area (Å²) in [7, 11) is 0. The number of thiophene rings is 1. The lowest BCUT2D eigenvalue weighted by Gasteiger charge is -2.35. The van der Waals surface area contributed by atoms with E-state index in [-0.39, 0.29) is 6.10 Å². The second-order valence-electron chi connectivity index (χ2n) is 6.83. The van der Waals surface area contributed by atoms with E-state index in [1.54, 1.807) is 0 Å². The average molecular weight is 337 g/mol. The minimum atomic E-state index is -0.250. The minimum Gasteiger partial charge on any atom is -0.389 e. The summed E-state index contributed by atoms with van der Waals surface area (Å²) in [6.07, 6.45) is 3.30. The molecule has 24 heavy (non-hydrogen) atoms. The van der Waals surface area contributed by atoms with Crippen LogP contribution in [-0.4, -0.2) is 34.3 Å². The van der Waals surface area contributed by atoms with Crippen molar-refractivity contribution < 1.29 is 5.11 Å². The summed E-state index contributed by atoms with van der Waals surface area (Å²) in [6.45, 7) is 3.36. The molecule has 1 aromatic carbocycles. The monoisotopic (exact) mass is 337 g/mol. The number of aromatic nitrogens is 2. The van der Waals surface area contributed by atoms with Gasteiger partial charge in [0.1, 0.15) is 4.83 Å². The van der Waals surface area contributed by atoms with Gasteiger partial charge in [-0.05, 0) is 31.7 Å². The van der Waals surface area contributed by atoms with Crippen LogP contribution in [0.5, 0.6) is 0 Å². The fraction of sp³-hybridized carbons (Fsp3) is 0.368. The van der Waals surface area contributed by atoms with Crippen molar-refractivity contribution in [2.45, 2.75) is 32.3 Å². The molecule has 1 aliphatic carbocycles. The Hall–Kier alpha value is -1.98. The third-order valence-corrected chi connectivity index (χ3v) is 6.21. The van der Waals surface area contributed by atoms with Crippen LogP contribution in [0.25, 0.3) is 21.5 Å². The third kappa shape index (κ3) is 2.15. The zero-order valence-electron chi connectivity index (χ0n) is 13.6.